The summed E-state index contributed by atoms with van der Waals surface area (Å²) in [6, 6.07) is 6.55. The van der Waals surface area contributed by atoms with Gasteiger partial charge in [-0.05, 0) is 25.0 Å². The molecule has 0 radical (unpaired) electrons. The molecule has 1 aliphatic rings. The minimum Gasteiger partial charge on any atom is -0.350 e. The lowest BCUT2D eigenvalue weighted by atomic mass is 9.95. The minimum atomic E-state index is -4.03. The Morgan fingerprint density at radius 1 is 1.15 bits per heavy atom. The molecule has 1 fully saturated rings. The van der Waals surface area contributed by atoms with E-state index >= 15 is 0 Å². The predicted molar refractivity (Wildman–Crippen MR) is 73.0 cm³/mol. The van der Waals surface area contributed by atoms with Gasteiger partial charge in [0.25, 0.3) is 0 Å². The molecule has 2 rings (SSSR count). The van der Waals surface area contributed by atoms with Crippen molar-refractivity contribution < 1.29 is 17.5 Å². The van der Waals surface area contributed by atoms with Gasteiger partial charge in [-0.2, -0.15) is 13.5 Å². The predicted octanol–water partition coefficient (Wildman–Crippen LogP) is 2.02. The van der Waals surface area contributed by atoms with E-state index in [0.717, 1.165) is 24.3 Å². The SMILES string of the molecule is NC(=O)N(OS(=O)(=O)c1ccccc1)C1CCCCC1. The van der Waals surface area contributed by atoms with E-state index in [4.69, 9.17) is 10.0 Å². The van der Waals surface area contributed by atoms with Crippen molar-refractivity contribution in [1.82, 2.24) is 5.06 Å². The fraction of sp³-hybridized carbons (Fsp3) is 0.462. The summed E-state index contributed by atoms with van der Waals surface area (Å²) in [6.45, 7) is 0. The number of nitrogens with zero attached hydrogens (tertiary/aromatic N) is 1. The van der Waals surface area contributed by atoms with Crippen molar-refractivity contribution in [2.75, 3.05) is 0 Å². The molecule has 1 aromatic carbocycles. The van der Waals surface area contributed by atoms with E-state index in [9.17, 15) is 13.2 Å². The zero-order valence-corrected chi connectivity index (χ0v) is 11.9. The first-order chi connectivity index (χ1) is 9.50. The van der Waals surface area contributed by atoms with Crippen molar-refractivity contribution in [1.29, 1.82) is 0 Å². The summed E-state index contributed by atoms with van der Waals surface area (Å²) in [5.74, 6) is 0. The number of urea groups is 1. The molecular formula is C13H18N2O4S. The number of carbonyl (C=O) groups excluding carboxylic acids is 1. The zero-order chi connectivity index (χ0) is 14.6. The van der Waals surface area contributed by atoms with Gasteiger partial charge in [-0.1, -0.05) is 37.5 Å². The maximum absolute atomic E-state index is 12.1. The summed E-state index contributed by atoms with van der Waals surface area (Å²) in [6.07, 6.45) is 4.35. The quantitative estimate of drug-likeness (QED) is 0.861. The number of nitrogens with two attached hydrogens (primary N) is 1. The lowest BCUT2D eigenvalue weighted by Crippen LogP contribution is -2.45. The van der Waals surface area contributed by atoms with Gasteiger partial charge < -0.3 is 5.73 Å². The normalized spacial score (nSPS) is 16.8. The Bertz CT molecular complexity index is 553. The molecule has 1 saturated carbocycles. The van der Waals surface area contributed by atoms with Gasteiger partial charge in [0, 0.05) is 0 Å². The van der Waals surface area contributed by atoms with E-state index in [1.165, 1.54) is 12.1 Å². The summed E-state index contributed by atoms with van der Waals surface area (Å²) < 4.78 is 29.2. The number of primary amides is 1. The van der Waals surface area contributed by atoms with Gasteiger partial charge >= 0.3 is 16.1 Å². The maximum Gasteiger partial charge on any atom is 0.340 e. The Balaban J connectivity index is 2.17. The van der Waals surface area contributed by atoms with Crippen LogP contribution >= 0.6 is 0 Å². The van der Waals surface area contributed by atoms with Crippen LogP contribution in [0.1, 0.15) is 32.1 Å². The molecule has 0 bridgehead atoms. The highest BCUT2D eigenvalue weighted by atomic mass is 32.2. The Labute approximate surface area is 118 Å². The highest BCUT2D eigenvalue weighted by Gasteiger charge is 2.30. The van der Waals surface area contributed by atoms with Crippen molar-refractivity contribution in [3.63, 3.8) is 0 Å². The van der Waals surface area contributed by atoms with Crippen molar-refractivity contribution in [2.24, 2.45) is 5.73 Å². The first-order valence-electron chi connectivity index (χ1n) is 6.59. The molecule has 0 spiro atoms. The van der Waals surface area contributed by atoms with Crippen molar-refractivity contribution in [3.05, 3.63) is 30.3 Å². The average Bonchev–Trinajstić information content (AvgIpc) is 2.46. The van der Waals surface area contributed by atoms with Crippen LogP contribution in [0, 0.1) is 0 Å². The number of carbonyl (C=O) groups is 1. The molecule has 2 N–H and O–H groups in total. The van der Waals surface area contributed by atoms with E-state index < -0.39 is 16.1 Å². The number of hydroxylamine groups is 2. The maximum atomic E-state index is 12.1. The number of hydrogen-bond donors (Lipinski definition) is 1. The van der Waals surface area contributed by atoms with Gasteiger partial charge in [0.15, 0.2) is 0 Å². The van der Waals surface area contributed by atoms with Crippen LogP contribution in [0.3, 0.4) is 0 Å². The van der Waals surface area contributed by atoms with Gasteiger partial charge in [0.05, 0.1) is 10.9 Å². The number of benzene rings is 1. The first kappa shape index (κ1) is 14.8. The summed E-state index contributed by atoms with van der Waals surface area (Å²) in [5.41, 5.74) is 5.25. The van der Waals surface area contributed by atoms with Crippen LogP contribution < -0.4 is 5.73 Å². The Morgan fingerprint density at radius 3 is 2.30 bits per heavy atom. The highest BCUT2D eigenvalue weighted by molar-refractivity contribution is 7.86. The molecule has 0 saturated heterocycles. The van der Waals surface area contributed by atoms with Gasteiger partial charge in [-0.3, -0.25) is 0 Å². The number of hydrogen-bond acceptors (Lipinski definition) is 4. The molecule has 20 heavy (non-hydrogen) atoms. The summed E-state index contributed by atoms with van der Waals surface area (Å²) in [5, 5.41) is 0.807. The Kier molecular flexibility index (Phi) is 4.61. The molecule has 0 atom stereocenters. The van der Waals surface area contributed by atoms with E-state index in [1.54, 1.807) is 18.2 Å². The second-order valence-electron chi connectivity index (χ2n) is 4.80. The monoisotopic (exact) mass is 298 g/mol. The highest BCUT2D eigenvalue weighted by Crippen LogP contribution is 2.25. The number of amides is 2. The largest absolute Gasteiger partial charge is 0.350 e. The van der Waals surface area contributed by atoms with Crippen LogP contribution in [0.25, 0.3) is 0 Å². The average molecular weight is 298 g/mol. The lowest BCUT2D eigenvalue weighted by Gasteiger charge is -2.30. The third kappa shape index (κ3) is 3.49. The second-order valence-corrected chi connectivity index (χ2v) is 6.33. The van der Waals surface area contributed by atoms with Gasteiger partial charge in [0.2, 0.25) is 0 Å². The summed E-state index contributed by atoms with van der Waals surface area (Å²) >= 11 is 0. The van der Waals surface area contributed by atoms with Crippen LogP contribution in [0.15, 0.2) is 35.2 Å². The molecule has 1 aromatic rings. The topological polar surface area (TPSA) is 89.7 Å². The van der Waals surface area contributed by atoms with Gasteiger partial charge in [-0.15, -0.1) is 4.28 Å². The minimum absolute atomic E-state index is 0.00191. The van der Waals surface area contributed by atoms with Crippen LogP contribution in [0.2, 0.25) is 0 Å². The molecule has 7 heteroatoms. The molecule has 1 aliphatic carbocycles. The fourth-order valence-corrected chi connectivity index (χ4v) is 3.31. The summed E-state index contributed by atoms with van der Waals surface area (Å²) in [4.78, 5) is 11.5. The third-order valence-corrected chi connectivity index (χ3v) is 4.54. The summed E-state index contributed by atoms with van der Waals surface area (Å²) in [7, 11) is -4.03. The van der Waals surface area contributed by atoms with Crippen molar-refractivity contribution in [3.8, 4) is 0 Å². The molecule has 0 aliphatic heterocycles. The zero-order valence-electron chi connectivity index (χ0n) is 11.1. The number of rotatable bonds is 4. The second kappa shape index (κ2) is 6.23. The standard InChI is InChI=1S/C13H18N2O4S/c14-13(16)15(11-7-3-1-4-8-11)19-20(17,18)12-9-5-2-6-10-12/h2,5-6,9-11H,1,3-4,7-8H2,(H2,14,16). The third-order valence-electron chi connectivity index (χ3n) is 3.33. The molecule has 6 nitrogen and oxygen atoms in total. The van der Waals surface area contributed by atoms with Gasteiger partial charge in [0.1, 0.15) is 0 Å². The smallest absolute Gasteiger partial charge is 0.340 e. The fourth-order valence-electron chi connectivity index (χ4n) is 2.33. The van der Waals surface area contributed by atoms with E-state index in [-0.39, 0.29) is 10.9 Å². The van der Waals surface area contributed by atoms with E-state index in [2.05, 4.69) is 0 Å². The van der Waals surface area contributed by atoms with Crippen molar-refractivity contribution in [2.45, 2.75) is 43.0 Å². The Hall–Kier alpha value is -1.60. The van der Waals surface area contributed by atoms with Crippen LogP contribution in [0.4, 0.5) is 4.79 Å². The molecule has 0 heterocycles. The molecule has 0 aromatic heterocycles. The first-order valence-corrected chi connectivity index (χ1v) is 8.00. The molecule has 2 amide bonds. The van der Waals surface area contributed by atoms with Crippen LogP contribution in [-0.4, -0.2) is 25.6 Å². The van der Waals surface area contributed by atoms with Crippen molar-refractivity contribution >= 4 is 16.1 Å². The Morgan fingerprint density at radius 2 is 1.75 bits per heavy atom. The molecule has 110 valence electrons. The molecule has 0 unspecified atom stereocenters. The lowest BCUT2D eigenvalue weighted by molar-refractivity contribution is -0.0495. The van der Waals surface area contributed by atoms with Gasteiger partial charge in [-0.25, -0.2) is 4.79 Å². The van der Waals surface area contributed by atoms with Crippen LogP contribution in [0.5, 0.6) is 0 Å². The van der Waals surface area contributed by atoms with E-state index in [1.807, 2.05) is 0 Å². The van der Waals surface area contributed by atoms with E-state index in [0.29, 0.717) is 12.8 Å². The van der Waals surface area contributed by atoms with Crippen LogP contribution in [-0.2, 0) is 14.4 Å². The molecular weight excluding hydrogens is 280 g/mol.